The first kappa shape index (κ1) is 48.0. The Morgan fingerprint density at radius 2 is 1.55 bits per heavy atom. The molecular weight excluding hydrogens is 724 g/mol. The summed E-state index contributed by atoms with van der Waals surface area (Å²) >= 11 is 6.69. The first-order valence-corrected chi connectivity index (χ1v) is 23.1. The van der Waals surface area contributed by atoms with E-state index in [2.05, 4.69) is 32.1 Å². The van der Waals surface area contributed by atoms with Crippen molar-refractivity contribution in [2.24, 2.45) is 17.3 Å². The van der Waals surface area contributed by atoms with Crippen molar-refractivity contribution in [1.29, 1.82) is 0 Å². The van der Waals surface area contributed by atoms with E-state index in [-0.39, 0.29) is 46.7 Å². The number of allylic oxidation sites excluding steroid dienone is 2. The van der Waals surface area contributed by atoms with Gasteiger partial charge >= 0.3 is 11.9 Å². The smallest absolute Gasteiger partial charge is 0.335 e. The lowest BCUT2D eigenvalue weighted by Gasteiger charge is -2.45. The number of carboxylic acids is 1. The largest absolute Gasteiger partial charge is 0.493 e. The van der Waals surface area contributed by atoms with E-state index in [0.717, 1.165) is 56.9 Å². The average molecular weight is 802 g/mol. The number of aromatic carboxylic acids is 1. The van der Waals surface area contributed by atoms with E-state index in [0.29, 0.717) is 38.0 Å². The zero-order valence-electron chi connectivity index (χ0n) is 35.2. The first-order valence-electron chi connectivity index (χ1n) is 22.7. The highest BCUT2D eigenvalue weighted by Gasteiger charge is 2.42. The monoisotopic (exact) mass is 801 g/mol. The summed E-state index contributed by atoms with van der Waals surface area (Å²) in [6.45, 7) is 6.96. The fourth-order valence-corrected chi connectivity index (χ4v) is 9.14. The van der Waals surface area contributed by atoms with Gasteiger partial charge in [-0.2, -0.15) is 0 Å². The van der Waals surface area contributed by atoms with Crippen LogP contribution in [-0.4, -0.2) is 51.5 Å². The highest BCUT2D eigenvalue weighted by Crippen LogP contribution is 2.48. The zero-order chi connectivity index (χ0) is 40.6. The van der Waals surface area contributed by atoms with Gasteiger partial charge in [0.25, 0.3) is 0 Å². The number of hydrogen-bond acceptors (Lipinski definition) is 6. The van der Waals surface area contributed by atoms with Gasteiger partial charge in [-0.1, -0.05) is 141 Å². The molecule has 56 heavy (non-hydrogen) atoms. The highest BCUT2D eigenvalue weighted by atomic mass is 35.5. The third-order valence-corrected chi connectivity index (χ3v) is 13.1. The first-order chi connectivity index (χ1) is 27.2. The molecule has 3 N–H and O–H groups in total. The van der Waals surface area contributed by atoms with Gasteiger partial charge in [0.05, 0.1) is 24.4 Å². The molecule has 0 radical (unpaired) electrons. The van der Waals surface area contributed by atoms with Crippen molar-refractivity contribution in [3.63, 3.8) is 0 Å². The second kappa shape index (κ2) is 27.4. The molecule has 8 heteroatoms. The number of aliphatic hydroxyl groups is 2. The van der Waals surface area contributed by atoms with Gasteiger partial charge in [0.2, 0.25) is 0 Å². The summed E-state index contributed by atoms with van der Waals surface area (Å²) < 4.78 is 12.2. The number of halogens is 1. The molecule has 2 saturated carbocycles. The highest BCUT2D eigenvalue weighted by molar-refractivity contribution is 6.21. The predicted molar refractivity (Wildman–Crippen MR) is 230 cm³/mol. The van der Waals surface area contributed by atoms with E-state index in [9.17, 15) is 24.9 Å². The standard InChI is InChI=1S/C48H77ClO7/c1-4-7-8-9-10-11-12-13-14-15-16-19-22-34-55-44-35-37(47(53)54)30-31-40(44)43(25-5-2)56-46(52)29-21-18-17-20-26-38-39(42(50)36-41(38)49)27-23-28-45(51)48(6-3)32-24-33-48/h17,20,23,27,30-31,35,38-39,41-43,45,50-51H,4-16,18-19,21-22,24-26,28-29,32-34,36H2,1-3H3,(H,53,54)/b20-17-,27-23+/t38-,39-,41-,42-,43?,45+/m1/s1. The summed E-state index contributed by atoms with van der Waals surface area (Å²) in [7, 11) is 0. The number of benzene rings is 1. The van der Waals surface area contributed by atoms with Gasteiger partial charge in [-0.25, -0.2) is 4.79 Å². The summed E-state index contributed by atoms with van der Waals surface area (Å²) in [5.41, 5.74) is 0.945. The number of carbonyl (C=O) groups excluding carboxylic acids is 1. The van der Waals surface area contributed by atoms with E-state index in [4.69, 9.17) is 21.1 Å². The maximum Gasteiger partial charge on any atom is 0.335 e. The lowest BCUT2D eigenvalue weighted by molar-refractivity contribution is -0.150. The minimum Gasteiger partial charge on any atom is -0.493 e. The van der Waals surface area contributed by atoms with Gasteiger partial charge in [-0.15, -0.1) is 11.6 Å². The van der Waals surface area contributed by atoms with Gasteiger partial charge in [0.1, 0.15) is 11.9 Å². The molecule has 1 unspecified atom stereocenters. The van der Waals surface area contributed by atoms with Crippen LogP contribution in [0.3, 0.4) is 0 Å². The molecule has 0 spiro atoms. The van der Waals surface area contributed by atoms with Crippen LogP contribution in [0, 0.1) is 17.3 Å². The number of esters is 1. The van der Waals surface area contributed by atoms with Crippen molar-refractivity contribution in [3.8, 4) is 5.75 Å². The molecule has 3 rings (SSSR count). The Balaban J connectivity index is 1.41. The summed E-state index contributed by atoms with van der Waals surface area (Å²) in [4.78, 5) is 24.8. The van der Waals surface area contributed by atoms with Crippen molar-refractivity contribution in [3.05, 3.63) is 53.6 Å². The molecule has 2 aliphatic rings. The van der Waals surface area contributed by atoms with Crippen molar-refractivity contribution in [2.45, 2.75) is 205 Å². The van der Waals surface area contributed by atoms with E-state index in [1.807, 2.05) is 13.0 Å². The van der Waals surface area contributed by atoms with E-state index < -0.39 is 18.2 Å². The molecule has 0 heterocycles. The normalized spacial score (nSPS) is 21.7. The van der Waals surface area contributed by atoms with Gasteiger partial charge in [-0.3, -0.25) is 4.79 Å². The molecule has 2 aliphatic carbocycles. The molecule has 1 aromatic rings. The number of ether oxygens (including phenoxy) is 2. The fraction of sp³-hybridized carbons (Fsp3) is 0.750. The Kier molecular flexibility index (Phi) is 23.5. The average Bonchev–Trinajstić information content (AvgIpc) is 3.43. The maximum absolute atomic E-state index is 13.0. The maximum atomic E-state index is 13.0. The van der Waals surface area contributed by atoms with Crippen LogP contribution in [0.2, 0.25) is 0 Å². The number of aliphatic hydroxyl groups excluding tert-OH is 2. The Morgan fingerprint density at radius 1 is 0.893 bits per heavy atom. The van der Waals surface area contributed by atoms with Gasteiger partial charge in [0, 0.05) is 23.3 Å². The van der Waals surface area contributed by atoms with Crippen LogP contribution >= 0.6 is 11.6 Å². The lowest BCUT2D eigenvalue weighted by Crippen LogP contribution is -2.40. The zero-order valence-corrected chi connectivity index (χ0v) is 36.0. The molecule has 0 saturated heterocycles. The van der Waals surface area contributed by atoms with Gasteiger partial charge < -0.3 is 24.8 Å². The van der Waals surface area contributed by atoms with Crippen LogP contribution in [0.5, 0.6) is 5.75 Å². The molecule has 0 amide bonds. The number of alkyl halides is 1. The van der Waals surface area contributed by atoms with Crippen LogP contribution in [0.15, 0.2) is 42.5 Å². The van der Waals surface area contributed by atoms with Crippen molar-refractivity contribution in [1.82, 2.24) is 0 Å². The third kappa shape index (κ3) is 16.5. The minimum absolute atomic E-state index is 0.0356. The number of carboxylic acid groups (broad SMARTS) is 1. The molecular formula is C48H77ClO7. The number of unbranched alkanes of at least 4 members (excludes halogenated alkanes) is 13. The molecule has 2 fully saturated rings. The van der Waals surface area contributed by atoms with Crippen molar-refractivity contribution >= 4 is 23.5 Å². The van der Waals surface area contributed by atoms with Crippen LogP contribution in [0.1, 0.15) is 203 Å². The topological polar surface area (TPSA) is 113 Å². The Labute approximate surface area is 345 Å². The lowest BCUT2D eigenvalue weighted by atomic mass is 9.63. The summed E-state index contributed by atoms with van der Waals surface area (Å²) in [6.07, 6.45) is 32.8. The molecule has 7 nitrogen and oxygen atoms in total. The predicted octanol–water partition coefficient (Wildman–Crippen LogP) is 12.8. The minimum atomic E-state index is -1.01. The van der Waals surface area contributed by atoms with Gasteiger partial charge in [-0.05, 0) is 87.7 Å². The Hall–Kier alpha value is -2.35. The molecule has 6 atom stereocenters. The van der Waals surface area contributed by atoms with Crippen LogP contribution in [0.25, 0.3) is 0 Å². The van der Waals surface area contributed by atoms with Crippen molar-refractivity contribution < 1.29 is 34.4 Å². The molecule has 1 aromatic carbocycles. The van der Waals surface area contributed by atoms with E-state index in [1.165, 1.54) is 77.0 Å². The van der Waals surface area contributed by atoms with Crippen LogP contribution in [0.4, 0.5) is 0 Å². The van der Waals surface area contributed by atoms with E-state index in [1.54, 1.807) is 18.2 Å². The van der Waals surface area contributed by atoms with Crippen LogP contribution < -0.4 is 4.74 Å². The summed E-state index contributed by atoms with van der Waals surface area (Å²) in [5, 5.41) is 31.1. The Morgan fingerprint density at radius 3 is 2.14 bits per heavy atom. The second-order valence-electron chi connectivity index (χ2n) is 16.8. The fourth-order valence-electron chi connectivity index (χ4n) is 8.69. The van der Waals surface area contributed by atoms with E-state index >= 15 is 0 Å². The number of hydrogen-bond donors (Lipinski definition) is 3. The SMILES string of the molecule is CCCCCCCCCCCCCCCOc1cc(C(=O)O)ccc1C(CCC)OC(=O)CCC/C=C\C[C@@H]1[C@@H](/C=C/C[C@H](O)C2(CC)CCC2)[C@H](O)C[C@H]1Cl. The molecule has 0 aromatic heterocycles. The summed E-state index contributed by atoms with van der Waals surface area (Å²) in [5.74, 6) is -0.721. The second-order valence-corrected chi connectivity index (χ2v) is 17.4. The molecule has 0 aliphatic heterocycles. The van der Waals surface area contributed by atoms with Crippen LogP contribution in [-0.2, 0) is 9.53 Å². The number of carbonyl (C=O) groups is 2. The molecule has 0 bridgehead atoms. The number of rotatable bonds is 31. The summed E-state index contributed by atoms with van der Waals surface area (Å²) in [6, 6.07) is 4.87. The van der Waals surface area contributed by atoms with Gasteiger partial charge in [0.15, 0.2) is 0 Å². The third-order valence-electron chi connectivity index (χ3n) is 12.6. The Bertz CT molecular complexity index is 1300. The van der Waals surface area contributed by atoms with Crippen molar-refractivity contribution in [2.75, 3.05) is 6.61 Å². The quantitative estimate of drug-likeness (QED) is 0.0296. The molecule has 318 valence electrons.